The summed E-state index contributed by atoms with van der Waals surface area (Å²) in [4.78, 5) is 13.6. The number of thioether (sulfide) groups is 1. The molecular formula is C21H25NOS. The van der Waals surface area contributed by atoms with E-state index in [1.165, 1.54) is 41.5 Å². The first kappa shape index (κ1) is 17.1. The van der Waals surface area contributed by atoms with Gasteiger partial charge in [0.15, 0.2) is 0 Å². The summed E-state index contributed by atoms with van der Waals surface area (Å²) in [5.74, 6) is 0.0913. The minimum Gasteiger partial charge on any atom is -0.349 e. The second-order valence-electron chi connectivity index (χ2n) is 6.69. The van der Waals surface area contributed by atoms with E-state index in [9.17, 15) is 4.79 Å². The Morgan fingerprint density at radius 3 is 2.50 bits per heavy atom. The Morgan fingerprint density at radius 2 is 1.75 bits per heavy atom. The number of rotatable bonds is 5. The molecular weight excluding hydrogens is 314 g/mol. The van der Waals surface area contributed by atoms with Crippen molar-refractivity contribution in [3.8, 4) is 0 Å². The van der Waals surface area contributed by atoms with Gasteiger partial charge < -0.3 is 5.32 Å². The van der Waals surface area contributed by atoms with Crippen LogP contribution in [0.15, 0.2) is 47.4 Å². The summed E-state index contributed by atoms with van der Waals surface area (Å²) in [7, 11) is 0. The Bertz CT molecular complexity index is 723. The van der Waals surface area contributed by atoms with Gasteiger partial charge in [0.05, 0.1) is 11.3 Å². The maximum absolute atomic E-state index is 12.5. The summed E-state index contributed by atoms with van der Waals surface area (Å²) in [5, 5.41) is 3.05. The monoisotopic (exact) mass is 339 g/mol. The van der Waals surface area contributed by atoms with Crippen LogP contribution < -0.4 is 5.32 Å². The topological polar surface area (TPSA) is 29.1 Å². The highest BCUT2D eigenvalue weighted by Gasteiger charge is 2.19. The average Bonchev–Trinajstić information content (AvgIpc) is 3.04. The van der Waals surface area contributed by atoms with Gasteiger partial charge in [-0.2, -0.15) is 0 Å². The van der Waals surface area contributed by atoms with E-state index in [0.717, 1.165) is 4.90 Å². The van der Waals surface area contributed by atoms with Crippen molar-refractivity contribution in [2.75, 3.05) is 0 Å². The molecule has 2 atom stereocenters. The second-order valence-corrected chi connectivity index (χ2v) is 8.10. The molecule has 0 unspecified atom stereocenters. The number of fused-ring (bicyclic) bond motifs is 1. The predicted molar refractivity (Wildman–Crippen MR) is 102 cm³/mol. The highest BCUT2D eigenvalue weighted by atomic mass is 32.2. The number of nitrogens with one attached hydrogen (secondary N) is 1. The van der Waals surface area contributed by atoms with E-state index in [-0.39, 0.29) is 17.2 Å². The summed E-state index contributed by atoms with van der Waals surface area (Å²) in [6.45, 7) is 6.11. The molecule has 1 amide bonds. The molecule has 1 N–H and O–H groups in total. The Morgan fingerprint density at radius 1 is 1.04 bits per heavy atom. The zero-order valence-electron chi connectivity index (χ0n) is 14.6. The fourth-order valence-electron chi connectivity index (χ4n) is 3.15. The van der Waals surface area contributed by atoms with Crippen LogP contribution in [-0.4, -0.2) is 11.2 Å². The highest BCUT2D eigenvalue weighted by Crippen LogP contribution is 2.27. The zero-order valence-corrected chi connectivity index (χ0v) is 15.5. The van der Waals surface area contributed by atoms with Crippen LogP contribution in [0.3, 0.4) is 0 Å². The normalized spacial score (nSPS) is 15.6. The van der Waals surface area contributed by atoms with Crippen molar-refractivity contribution >= 4 is 17.7 Å². The van der Waals surface area contributed by atoms with E-state index < -0.39 is 0 Å². The van der Waals surface area contributed by atoms with Gasteiger partial charge in [-0.25, -0.2) is 0 Å². The second kappa shape index (κ2) is 7.43. The standard InChI is InChI=1S/C21H25NOS/c1-14-7-11-20(12-8-14)24-16(3)21(23)22-15(2)18-10-9-17-5-4-6-19(17)13-18/h7-13,15-16H,4-6H2,1-3H3,(H,22,23)/t15-,16-/m1/s1. The lowest BCUT2D eigenvalue weighted by atomic mass is 10.0. The van der Waals surface area contributed by atoms with Crippen molar-refractivity contribution in [2.24, 2.45) is 0 Å². The maximum Gasteiger partial charge on any atom is 0.233 e. The van der Waals surface area contributed by atoms with E-state index >= 15 is 0 Å². The smallest absolute Gasteiger partial charge is 0.233 e. The van der Waals surface area contributed by atoms with E-state index in [4.69, 9.17) is 0 Å². The number of amides is 1. The van der Waals surface area contributed by atoms with E-state index in [1.807, 2.05) is 6.92 Å². The molecule has 1 aliphatic rings. The lowest BCUT2D eigenvalue weighted by molar-refractivity contribution is -0.120. The molecule has 0 fully saturated rings. The van der Waals surface area contributed by atoms with Gasteiger partial charge >= 0.3 is 0 Å². The summed E-state index contributed by atoms with van der Waals surface area (Å²) in [6.07, 6.45) is 3.62. The van der Waals surface area contributed by atoms with Crippen LogP contribution in [0.25, 0.3) is 0 Å². The molecule has 0 radical (unpaired) electrons. The SMILES string of the molecule is Cc1ccc(S[C@H](C)C(=O)N[C@H](C)c2ccc3c(c2)CCC3)cc1. The lowest BCUT2D eigenvalue weighted by Crippen LogP contribution is -2.33. The van der Waals surface area contributed by atoms with Crippen LogP contribution in [0.2, 0.25) is 0 Å². The van der Waals surface area contributed by atoms with Gasteiger partial charge in [-0.1, -0.05) is 35.9 Å². The minimum atomic E-state index is -0.107. The fourth-order valence-corrected chi connectivity index (χ4v) is 4.03. The van der Waals surface area contributed by atoms with E-state index in [1.54, 1.807) is 11.8 Å². The van der Waals surface area contributed by atoms with Gasteiger partial charge in [-0.3, -0.25) is 4.79 Å². The number of benzene rings is 2. The van der Waals surface area contributed by atoms with E-state index in [0.29, 0.717) is 0 Å². The van der Waals surface area contributed by atoms with Gasteiger partial charge in [0, 0.05) is 4.90 Å². The number of aryl methyl sites for hydroxylation is 3. The molecule has 0 saturated carbocycles. The van der Waals surface area contributed by atoms with Gasteiger partial charge in [-0.05, 0) is 68.9 Å². The van der Waals surface area contributed by atoms with Crippen LogP contribution >= 0.6 is 11.8 Å². The molecule has 24 heavy (non-hydrogen) atoms. The van der Waals surface area contributed by atoms with Gasteiger partial charge in [-0.15, -0.1) is 11.8 Å². The van der Waals surface area contributed by atoms with Crippen LogP contribution in [0.4, 0.5) is 0 Å². The Hall–Kier alpha value is -1.74. The number of hydrogen-bond acceptors (Lipinski definition) is 2. The van der Waals surface area contributed by atoms with Crippen LogP contribution in [0.5, 0.6) is 0 Å². The summed E-state index contributed by atoms with van der Waals surface area (Å²) < 4.78 is 0. The fraction of sp³-hybridized carbons (Fsp3) is 0.381. The molecule has 2 aromatic carbocycles. The van der Waals surface area contributed by atoms with Gasteiger partial charge in [0.2, 0.25) is 5.91 Å². The third kappa shape index (κ3) is 4.02. The first-order chi connectivity index (χ1) is 11.5. The molecule has 1 aliphatic carbocycles. The molecule has 0 bridgehead atoms. The molecule has 3 heteroatoms. The molecule has 0 spiro atoms. The molecule has 0 aliphatic heterocycles. The highest BCUT2D eigenvalue weighted by molar-refractivity contribution is 8.00. The third-order valence-corrected chi connectivity index (χ3v) is 5.80. The minimum absolute atomic E-state index is 0.0458. The predicted octanol–water partition coefficient (Wildman–Crippen LogP) is 4.84. The van der Waals surface area contributed by atoms with Gasteiger partial charge in [0.1, 0.15) is 0 Å². The van der Waals surface area contributed by atoms with Crippen molar-refractivity contribution in [2.45, 2.75) is 56.2 Å². The third-order valence-electron chi connectivity index (χ3n) is 4.68. The van der Waals surface area contributed by atoms with Crippen LogP contribution in [0.1, 0.15) is 48.6 Å². The molecule has 2 nitrogen and oxygen atoms in total. The van der Waals surface area contributed by atoms with Crippen LogP contribution in [0, 0.1) is 6.92 Å². The Balaban J connectivity index is 1.60. The summed E-state index contributed by atoms with van der Waals surface area (Å²) in [6, 6.07) is 15.0. The quantitative estimate of drug-likeness (QED) is 0.790. The van der Waals surface area contributed by atoms with Gasteiger partial charge in [0.25, 0.3) is 0 Å². The first-order valence-electron chi connectivity index (χ1n) is 8.68. The van der Waals surface area contributed by atoms with E-state index in [2.05, 4.69) is 61.6 Å². The largest absolute Gasteiger partial charge is 0.349 e. The molecule has 2 aromatic rings. The Kier molecular flexibility index (Phi) is 5.30. The summed E-state index contributed by atoms with van der Waals surface area (Å²) in [5.41, 5.74) is 5.37. The number of hydrogen-bond donors (Lipinski definition) is 1. The van der Waals surface area contributed by atoms with Crippen LogP contribution in [-0.2, 0) is 17.6 Å². The summed E-state index contributed by atoms with van der Waals surface area (Å²) >= 11 is 1.61. The Labute approximate surface area is 149 Å². The lowest BCUT2D eigenvalue weighted by Gasteiger charge is -2.18. The number of carbonyl (C=O) groups is 1. The molecule has 126 valence electrons. The van der Waals surface area contributed by atoms with Crippen molar-refractivity contribution in [1.29, 1.82) is 0 Å². The molecule has 0 saturated heterocycles. The van der Waals surface area contributed by atoms with Crippen molar-refractivity contribution in [1.82, 2.24) is 5.32 Å². The van der Waals surface area contributed by atoms with Crippen molar-refractivity contribution in [3.63, 3.8) is 0 Å². The maximum atomic E-state index is 12.5. The first-order valence-corrected chi connectivity index (χ1v) is 9.56. The van der Waals surface area contributed by atoms with Crippen molar-refractivity contribution in [3.05, 3.63) is 64.7 Å². The molecule has 3 rings (SSSR count). The molecule has 0 heterocycles. The van der Waals surface area contributed by atoms with Crippen molar-refractivity contribution < 1.29 is 4.79 Å². The zero-order chi connectivity index (χ0) is 17.1. The number of carbonyl (C=O) groups excluding carboxylic acids is 1. The molecule has 0 aromatic heterocycles. The average molecular weight is 340 g/mol.